The molecule has 0 bridgehead atoms. The first-order valence-corrected chi connectivity index (χ1v) is 11.0. The molecule has 0 aliphatic heterocycles. The zero-order chi connectivity index (χ0) is 22.5. The Bertz CT molecular complexity index is 1030. The van der Waals surface area contributed by atoms with Crippen LogP contribution in [-0.4, -0.2) is 15.5 Å². The van der Waals surface area contributed by atoms with Gasteiger partial charge in [0.15, 0.2) is 0 Å². The molecule has 0 spiro atoms. The number of hydrogen-bond donors (Lipinski definition) is 2. The van der Waals surface area contributed by atoms with E-state index in [2.05, 4.69) is 29.9 Å². The first-order chi connectivity index (χ1) is 14.8. The Morgan fingerprint density at radius 2 is 2.16 bits per heavy atom. The molecule has 0 radical (unpaired) electrons. The van der Waals surface area contributed by atoms with Crippen LogP contribution in [0.15, 0.2) is 60.7 Å². The summed E-state index contributed by atoms with van der Waals surface area (Å²) in [6, 6.07) is 5.53. The minimum Gasteiger partial charge on any atom is -0.404 e. The summed E-state index contributed by atoms with van der Waals surface area (Å²) in [6.45, 7) is 8.48. The van der Waals surface area contributed by atoms with Crippen molar-refractivity contribution in [1.82, 2.24) is 14.9 Å². The molecule has 1 amide bonds. The van der Waals surface area contributed by atoms with Gasteiger partial charge in [-0.2, -0.15) is 0 Å². The number of aromatic nitrogens is 2. The highest BCUT2D eigenvalue weighted by atomic mass is 35.5. The van der Waals surface area contributed by atoms with E-state index in [9.17, 15) is 4.79 Å². The van der Waals surface area contributed by atoms with Crippen molar-refractivity contribution in [2.75, 3.05) is 0 Å². The topological polar surface area (TPSA) is 72.9 Å². The summed E-state index contributed by atoms with van der Waals surface area (Å²) in [5, 5.41) is 3.84. The van der Waals surface area contributed by atoms with Crippen LogP contribution in [0.5, 0.6) is 0 Å². The van der Waals surface area contributed by atoms with Crippen LogP contribution in [0.1, 0.15) is 56.0 Å². The second-order valence-corrected chi connectivity index (χ2v) is 8.81. The smallest absolute Gasteiger partial charge is 0.223 e. The van der Waals surface area contributed by atoms with Crippen molar-refractivity contribution in [2.24, 2.45) is 18.7 Å². The van der Waals surface area contributed by atoms with Crippen LogP contribution in [-0.2, 0) is 18.3 Å². The van der Waals surface area contributed by atoms with Crippen LogP contribution in [0.2, 0.25) is 5.02 Å². The number of benzene rings is 1. The molecule has 6 heteroatoms. The van der Waals surface area contributed by atoms with Gasteiger partial charge in [-0.05, 0) is 80.1 Å². The summed E-state index contributed by atoms with van der Waals surface area (Å²) >= 11 is 6.36. The molecule has 1 atom stereocenters. The van der Waals surface area contributed by atoms with E-state index in [1.807, 2.05) is 36.7 Å². The van der Waals surface area contributed by atoms with Gasteiger partial charge >= 0.3 is 0 Å². The van der Waals surface area contributed by atoms with Gasteiger partial charge in [-0.3, -0.25) is 4.79 Å². The molecule has 1 fully saturated rings. The van der Waals surface area contributed by atoms with E-state index >= 15 is 0 Å². The van der Waals surface area contributed by atoms with Gasteiger partial charge in [0.05, 0.1) is 24.3 Å². The van der Waals surface area contributed by atoms with Gasteiger partial charge in [0, 0.05) is 18.0 Å². The molecule has 3 rings (SSSR count). The van der Waals surface area contributed by atoms with E-state index in [4.69, 9.17) is 17.3 Å². The Kier molecular flexibility index (Phi) is 7.39. The summed E-state index contributed by atoms with van der Waals surface area (Å²) in [5.41, 5.74) is 11.7. The predicted molar refractivity (Wildman–Crippen MR) is 127 cm³/mol. The molecular formula is C25H31ClN4O. The fourth-order valence-corrected chi connectivity index (χ4v) is 3.82. The standard InChI is InChI=1S/C25H31ClN4O/c1-16(11-17(2)13-27)5-6-19-9-10-21(26)12-22(19)18(3)24(23-14-28-15-30(23)4)29-25(31)20-7-8-20/h9-15,20,24H,3,5-8,27H2,1-2,4H3,(H,29,31)/b16-11-,17-13-/t24-/m1/s1. The van der Waals surface area contributed by atoms with Gasteiger partial charge in [0.1, 0.15) is 0 Å². The molecular weight excluding hydrogens is 408 g/mol. The lowest BCUT2D eigenvalue weighted by atomic mass is 9.90. The predicted octanol–water partition coefficient (Wildman–Crippen LogP) is 5.10. The van der Waals surface area contributed by atoms with E-state index < -0.39 is 0 Å². The molecule has 2 aromatic rings. The maximum Gasteiger partial charge on any atom is 0.223 e. The number of aryl methyl sites for hydroxylation is 2. The fourth-order valence-electron chi connectivity index (χ4n) is 3.65. The molecule has 0 unspecified atom stereocenters. The molecule has 1 aliphatic carbocycles. The number of carbonyl (C=O) groups is 1. The molecule has 1 aromatic carbocycles. The van der Waals surface area contributed by atoms with Gasteiger partial charge in [-0.15, -0.1) is 0 Å². The van der Waals surface area contributed by atoms with Crippen molar-refractivity contribution >= 4 is 23.1 Å². The summed E-state index contributed by atoms with van der Waals surface area (Å²) in [7, 11) is 1.92. The zero-order valence-corrected chi connectivity index (χ0v) is 19.2. The largest absolute Gasteiger partial charge is 0.404 e. The highest BCUT2D eigenvalue weighted by Gasteiger charge is 2.33. The van der Waals surface area contributed by atoms with E-state index in [-0.39, 0.29) is 17.9 Å². The number of imidazole rings is 1. The maximum atomic E-state index is 12.6. The molecule has 1 saturated carbocycles. The third-order valence-corrected chi connectivity index (χ3v) is 5.91. The lowest BCUT2D eigenvalue weighted by Crippen LogP contribution is -2.31. The zero-order valence-electron chi connectivity index (χ0n) is 18.5. The highest BCUT2D eigenvalue weighted by Crippen LogP contribution is 2.35. The van der Waals surface area contributed by atoms with Gasteiger partial charge in [0.2, 0.25) is 5.91 Å². The average molecular weight is 439 g/mol. The van der Waals surface area contributed by atoms with Gasteiger partial charge < -0.3 is 15.6 Å². The molecule has 1 aromatic heterocycles. The van der Waals surface area contributed by atoms with Crippen molar-refractivity contribution in [3.8, 4) is 0 Å². The SMILES string of the molecule is C=C(c1cc(Cl)ccc1CC/C(C)=C\C(C)=C/N)[C@@H](NC(=O)C1CC1)c1cncn1C. The Labute approximate surface area is 189 Å². The van der Waals surface area contributed by atoms with Gasteiger partial charge in [-0.25, -0.2) is 4.98 Å². The summed E-state index contributed by atoms with van der Waals surface area (Å²) in [4.78, 5) is 16.9. The number of nitrogens with two attached hydrogens (primary N) is 1. The number of amides is 1. The number of hydrogen-bond acceptors (Lipinski definition) is 3. The first kappa shape index (κ1) is 22.9. The molecule has 0 saturated heterocycles. The summed E-state index contributed by atoms with van der Waals surface area (Å²) in [5.74, 6) is 0.174. The number of halogens is 1. The van der Waals surface area contributed by atoms with E-state index in [0.717, 1.165) is 53.7 Å². The Morgan fingerprint density at radius 1 is 1.42 bits per heavy atom. The maximum absolute atomic E-state index is 12.6. The number of nitrogens with one attached hydrogen (secondary N) is 1. The Morgan fingerprint density at radius 3 is 2.77 bits per heavy atom. The monoisotopic (exact) mass is 438 g/mol. The molecule has 1 aliphatic rings. The Balaban J connectivity index is 1.90. The quantitative estimate of drug-likeness (QED) is 0.535. The van der Waals surface area contributed by atoms with Crippen molar-refractivity contribution in [2.45, 2.75) is 45.6 Å². The van der Waals surface area contributed by atoms with Crippen LogP contribution in [0.25, 0.3) is 5.57 Å². The lowest BCUT2D eigenvalue weighted by Gasteiger charge is -2.24. The Hall–Kier alpha value is -2.79. The minimum atomic E-state index is -0.364. The van der Waals surface area contributed by atoms with Crippen molar-refractivity contribution in [3.05, 3.63) is 82.6 Å². The van der Waals surface area contributed by atoms with Gasteiger partial charge in [-0.1, -0.05) is 35.9 Å². The number of rotatable bonds is 9. The molecule has 3 N–H and O–H groups in total. The van der Waals surface area contributed by atoms with Crippen LogP contribution < -0.4 is 11.1 Å². The number of carbonyl (C=O) groups excluding carboxylic acids is 1. The van der Waals surface area contributed by atoms with E-state index in [1.54, 1.807) is 18.7 Å². The van der Waals surface area contributed by atoms with Crippen molar-refractivity contribution in [1.29, 1.82) is 0 Å². The second-order valence-electron chi connectivity index (χ2n) is 8.37. The van der Waals surface area contributed by atoms with Crippen molar-refractivity contribution < 1.29 is 4.79 Å². The lowest BCUT2D eigenvalue weighted by molar-refractivity contribution is -0.122. The molecule has 1 heterocycles. The van der Waals surface area contributed by atoms with Crippen molar-refractivity contribution in [3.63, 3.8) is 0 Å². The first-order valence-electron chi connectivity index (χ1n) is 10.6. The summed E-state index contributed by atoms with van der Waals surface area (Å²) < 4.78 is 1.92. The second kappa shape index (κ2) is 10.0. The third kappa shape index (κ3) is 5.88. The van der Waals surface area contributed by atoms with Crippen LogP contribution in [0, 0.1) is 5.92 Å². The number of nitrogens with zero attached hydrogens (tertiary/aromatic N) is 2. The van der Waals surface area contributed by atoms with Gasteiger partial charge in [0.25, 0.3) is 0 Å². The number of allylic oxidation sites excluding steroid dienone is 3. The van der Waals surface area contributed by atoms with Crippen LogP contribution >= 0.6 is 11.6 Å². The average Bonchev–Trinajstić information content (AvgIpc) is 3.52. The van der Waals surface area contributed by atoms with Crippen LogP contribution in [0.3, 0.4) is 0 Å². The molecule has 31 heavy (non-hydrogen) atoms. The van der Waals surface area contributed by atoms with Crippen LogP contribution in [0.4, 0.5) is 0 Å². The highest BCUT2D eigenvalue weighted by molar-refractivity contribution is 6.30. The minimum absolute atomic E-state index is 0.0683. The molecule has 164 valence electrons. The normalized spacial score (nSPS) is 15.6. The molecule has 5 nitrogen and oxygen atoms in total. The summed E-state index contributed by atoms with van der Waals surface area (Å²) in [6.07, 6.45) is 10.8. The fraction of sp³-hybridized carbons (Fsp3) is 0.360. The third-order valence-electron chi connectivity index (χ3n) is 5.68. The van der Waals surface area contributed by atoms with E-state index in [0.29, 0.717) is 5.02 Å². The van der Waals surface area contributed by atoms with E-state index in [1.165, 1.54) is 5.57 Å².